The van der Waals surface area contributed by atoms with Gasteiger partial charge in [-0.15, -0.1) is 0 Å². The quantitative estimate of drug-likeness (QED) is 0.497. The smallest absolute Gasteiger partial charge is 0.267 e. The number of nitrogens with one attached hydrogen (secondary N) is 3. The minimum Gasteiger partial charge on any atom is -0.366 e. The molecule has 0 bridgehead atoms. The molecule has 0 aliphatic heterocycles. The van der Waals surface area contributed by atoms with Gasteiger partial charge >= 0.3 is 0 Å². The lowest BCUT2D eigenvalue weighted by Gasteiger charge is -2.04. The van der Waals surface area contributed by atoms with Crippen molar-refractivity contribution in [3.63, 3.8) is 0 Å². The lowest BCUT2D eigenvalue weighted by Crippen LogP contribution is -2.32. The Labute approximate surface area is 100.0 Å². The van der Waals surface area contributed by atoms with Crippen molar-refractivity contribution in [3.8, 4) is 0 Å². The van der Waals surface area contributed by atoms with E-state index in [-0.39, 0.29) is 5.91 Å². The van der Waals surface area contributed by atoms with E-state index < -0.39 is 5.91 Å². The standard InChI is InChI=1S/C11H18N4O2/c1-2-3-13-4-5-14-11(17)9-6-8(7-15-9)10(12)16/h6-7,13,15H,2-5H2,1H3,(H2,12,16)(H,14,17). The molecule has 0 saturated heterocycles. The Morgan fingerprint density at radius 2 is 2.12 bits per heavy atom. The molecule has 1 rings (SSSR count). The largest absolute Gasteiger partial charge is 0.366 e. The summed E-state index contributed by atoms with van der Waals surface area (Å²) in [5.41, 5.74) is 5.73. The zero-order valence-electron chi connectivity index (χ0n) is 9.88. The number of hydrogen-bond acceptors (Lipinski definition) is 3. The Bertz CT molecular complexity index is 387. The molecule has 0 aliphatic carbocycles. The van der Waals surface area contributed by atoms with Crippen molar-refractivity contribution in [1.82, 2.24) is 15.6 Å². The first-order chi connectivity index (χ1) is 8.15. The van der Waals surface area contributed by atoms with Crippen molar-refractivity contribution >= 4 is 11.8 Å². The molecule has 0 aromatic carbocycles. The highest BCUT2D eigenvalue weighted by atomic mass is 16.2. The maximum Gasteiger partial charge on any atom is 0.267 e. The van der Waals surface area contributed by atoms with E-state index in [2.05, 4.69) is 22.5 Å². The first-order valence-corrected chi connectivity index (χ1v) is 5.62. The van der Waals surface area contributed by atoms with E-state index in [0.717, 1.165) is 19.5 Å². The molecule has 6 nitrogen and oxygen atoms in total. The predicted molar refractivity (Wildman–Crippen MR) is 64.8 cm³/mol. The fraction of sp³-hybridized carbons (Fsp3) is 0.455. The zero-order chi connectivity index (χ0) is 12.7. The van der Waals surface area contributed by atoms with Crippen LogP contribution in [0.2, 0.25) is 0 Å². The van der Waals surface area contributed by atoms with Gasteiger partial charge in [-0.2, -0.15) is 0 Å². The van der Waals surface area contributed by atoms with Crippen molar-refractivity contribution in [2.75, 3.05) is 19.6 Å². The molecule has 1 heterocycles. The number of aromatic nitrogens is 1. The number of carbonyl (C=O) groups is 2. The van der Waals surface area contributed by atoms with Crippen LogP contribution in [0.4, 0.5) is 0 Å². The van der Waals surface area contributed by atoms with E-state index >= 15 is 0 Å². The average Bonchev–Trinajstić information content (AvgIpc) is 2.78. The van der Waals surface area contributed by atoms with Crippen LogP contribution < -0.4 is 16.4 Å². The van der Waals surface area contributed by atoms with Crippen molar-refractivity contribution in [1.29, 1.82) is 0 Å². The molecule has 0 radical (unpaired) electrons. The van der Waals surface area contributed by atoms with Crippen LogP contribution >= 0.6 is 0 Å². The van der Waals surface area contributed by atoms with Crippen molar-refractivity contribution in [3.05, 3.63) is 23.5 Å². The lowest BCUT2D eigenvalue weighted by atomic mass is 10.3. The number of nitrogens with two attached hydrogens (primary N) is 1. The number of aromatic amines is 1. The first kappa shape index (κ1) is 13.2. The highest BCUT2D eigenvalue weighted by Gasteiger charge is 2.09. The van der Waals surface area contributed by atoms with E-state index in [1.165, 1.54) is 12.3 Å². The normalized spacial score (nSPS) is 10.2. The van der Waals surface area contributed by atoms with Gasteiger partial charge < -0.3 is 21.4 Å². The second-order valence-corrected chi connectivity index (χ2v) is 3.67. The van der Waals surface area contributed by atoms with Crippen LogP contribution in [-0.2, 0) is 0 Å². The van der Waals surface area contributed by atoms with Crippen LogP contribution in [0.1, 0.15) is 34.2 Å². The van der Waals surface area contributed by atoms with Gasteiger partial charge in [0.05, 0.1) is 5.56 Å². The third-order valence-electron chi connectivity index (χ3n) is 2.23. The summed E-state index contributed by atoms with van der Waals surface area (Å²) in [5, 5.41) is 5.89. The average molecular weight is 238 g/mol. The molecular formula is C11H18N4O2. The van der Waals surface area contributed by atoms with Gasteiger partial charge in [-0.1, -0.05) is 6.92 Å². The molecule has 0 atom stereocenters. The third kappa shape index (κ3) is 4.28. The summed E-state index contributed by atoms with van der Waals surface area (Å²) in [6, 6.07) is 1.44. The van der Waals surface area contributed by atoms with E-state index in [4.69, 9.17) is 5.73 Å². The molecule has 5 N–H and O–H groups in total. The number of primary amides is 1. The van der Waals surface area contributed by atoms with E-state index in [1.807, 2.05) is 0 Å². The van der Waals surface area contributed by atoms with Crippen LogP contribution in [0.3, 0.4) is 0 Å². The maximum absolute atomic E-state index is 11.6. The summed E-state index contributed by atoms with van der Waals surface area (Å²) >= 11 is 0. The first-order valence-electron chi connectivity index (χ1n) is 5.62. The molecule has 0 aliphatic rings. The van der Waals surface area contributed by atoms with Gasteiger partial charge in [0.2, 0.25) is 5.91 Å². The van der Waals surface area contributed by atoms with Crippen LogP contribution in [0.5, 0.6) is 0 Å². The molecule has 0 saturated carbocycles. The molecule has 0 unspecified atom stereocenters. The third-order valence-corrected chi connectivity index (χ3v) is 2.23. The molecule has 17 heavy (non-hydrogen) atoms. The lowest BCUT2D eigenvalue weighted by molar-refractivity contribution is 0.0949. The SMILES string of the molecule is CCCNCCNC(=O)c1cc(C(N)=O)c[nH]1. The van der Waals surface area contributed by atoms with Crippen LogP contribution in [0, 0.1) is 0 Å². The number of hydrogen-bond donors (Lipinski definition) is 4. The highest BCUT2D eigenvalue weighted by molar-refractivity contribution is 5.98. The van der Waals surface area contributed by atoms with Gasteiger partial charge in [0.25, 0.3) is 5.91 Å². The van der Waals surface area contributed by atoms with Gasteiger partial charge in [-0.25, -0.2) is 0 Å². The summed E-state index contributed by atoms with van der Waals surface area (Å²) in [7, 11) is 0. The van der Waals surface area contributed by atoms with Crippen LogP contribution in [0.15, 0.2) is 12.3 Å². The molecule has 0 fully saturated rings. The Morgan fingerprint density at radius 3 is 2.71 bits per heavy atom. The second kappa shape index (κ2) is 6.70. The highest BCUT2D eigenvalue weighted by Crippen LogP contribution is 2.01. The number of amides is 2. The number of carbonyl (C=O) groups excluding carboxylic acids is 2. The minimum atomic E-state index is -0.551. The monoisotopic (exact) mass is 238 g/mol. The van der Waals surface area contributed by atoms with E-state index in [0.29, 0.717) is 17.8 Å². The molecule has 1 aromatic heterocycles. The summed E-state index contributed by atoms with van der Waals surface area (Å²) in [6.07, 6.45) is 2.49. The Morgan fingerprint density at radius 1 is 1.35 bits per heavy atom. The Kier molecular flexibility index (Phi) is 5.22. The second-order valence-electron chi connectivity index (χ2n) is 3.67. The van der Waals surface area contributed by atoms with E-state index in [9.17, 15) is 9.59 Å². The Balaban J connectivity index is 2.34. The predicted octanol–water partition coefficient (Wildman–Crippen LogP) is -0.157. The summed E-state index contributed by atoms with van der Waals surface area (Å²) < 4.78 is 0. The molecule has 6 heteroatoms. The number of rotatable bonds is 7. The van der Waals surface area contributed by atoms with Crippen molar-refractivity contribution in [2.24, 2.45) is 5.73 Å². The molecular weight excluding hydrogens is 220 g/mol. The van der Waals surface area contributed by atoms with Crippen molar-refractivity contribution < 1.29 is 9.59 Å². The van der Waals surface area contributed by atoms with E-state index in [1.54, 1.807) is 0 Å². The maximum atomic E-state index is 11.6. The minimum absolute atomic E-state index is 0.240. The van der Waals surface area contributed by atoms with Crippen LogP contribution in [-0.4, -0.2) is 36.4 Å². The molecule has 0 spiro atoms. The van der Waals surface area contributed by atoms with Crippen molar-refractivity contribution in [2.45, 2.75) is 13.3 Å². The number of H-pyrrole nitrogens is 1. The van der Waals surface area contributed by atoms with Gasteiger partial charge in [0, 0.05) is 19.3 Å². The topological polar surface area (TPSA) is 100 Å². The summed E-state index contributed by atoms with van der Waals surface area (Å²) in [5.74, 6) is -0.791. The van der Waals surface area contributed by atoms with Gasteiger partial charge in [-0.3, -0.25) is 9.59 Å². The van der Waals surface area contributed by atoms with Crippen LogP contribution in [0.25, 0.3) is 0 Å². The zero-order valence-corrected chi connectivity index (χ0v) is 9.88. The summed E-state index contributed by atoms with van der Waals surface area (Å²) in [6.45, 7) is 4.28. The van der Waals surface area contributed by atoms with Gasteiger partial charge in [0.1, 0.15) is 5.69 Å². The summed E-state index contributed by atoms with van der Waals surface area (Å²) in [4.78, 5) is 25.1. The molecule has 94 valence electrons. The van der Waals surface area contributed by atoms with Gasteiger partial charge in [-0.05, 0) is 19.0 Å². The Hall–Kier alpha value is -1.82. The molecule has 2 amide bonds. The van der Waals surface area contributed by atoms with Gasteiger partial charge in [0.15, 0.2) is 0 Å². The fourth-order valence-corrected chi connectivity index (χ4v) is 1.33. The molecule has 1 aromatic rings. The fourth-order valence-electron chi connectivity index (χ4n) is 1.33.